The molecule has 1 aromatic rings. The molecule has 0 radical (unpaired) electrons. The SMILES string of the molecule is CCNS(=O)(=O)CCNc1cc(C(N)=S)ccn1. The molecule has 6 nitrogen and oxygen atoms in total. The second kappa shape index (κ2) is 6.62. The largest absolute Gasteiger partial charge is 0.389 e. The minimum Gasteiger partial charge on any atom is -0.389 e. The molecule has 1 rings (SSSR count). The second-order valence-electron chi connectivity index (χ2n) is 3.54. The van der Waals surface area contributed by atoms with E-state index in [1.807, 2.05) is 0 Å². The van der Waals surface area contributed by atoms with Crippen molar-refractivity contribution in [2.45, 2.75) is 6.92 Å². The predicted octanol–water partition coefficient (Wildman–Crippen LogP) is 0.0670. The number of rotatable bonds is 7. The minimum atomic E-state index is -3.22. The van der Waals surface area contributed by atoms with Gasteiger partial charge in [-0.15, -0.1) is 0 Å². The number of nitrogens with zero attached hydrogens (tertiary/aromatic N) is 1. The van der Waals surface area contributed by atoms with Crippen LogP contribution in [0.5, 0.6) is 0 Å². The number of sulfonamides is 1. The van der Waals surface area contributed by atoms with Gasteiger partial charge in [-0.2, -0.15) is 0 Å². The van der Waals surface area contributed by atoms with Crippen molar-refractivity contribution in [3.05, 3.63) is 23.9 Å². The van der Waals surface area contributed by atoms with Gasteiger partial charge in [-0.25, -0.2) is 18.1 Å². The lowest BCUT2D eigenvalue weighted by Gasteiger charge is -2.07. The number of pyridine rings is 1. The van der Waals surface area contributed by atoms with Crippen LogP contribution < -0.4 is 15.8 Å². The van der Waals surface area contributed by atoms with Gasteiger partial charge in [0.1, 0.15) is 10.8 Å². The highest BCUT2D eigenvalue weighted by atomic mass is 32.2. The summed E-state index contributed by atoms with van der Waals surface area (Å²) in [4.78, 5) is 4.32. The van der Waals surface area contributed by atoms with Crippen LogP contribution in [-0.2, 0) is 10.0 Å². The molecule has 0 saturated carbocycles. The Labute approximate surface area is 112 Å². The van der Waals surface area contributed by atoms with Gasteiger partial charge in [-0.05, 0) is 12.1 Å². The molecule has 18 heavy (non-hydrogen) atoms. The smallest absolute Gasteiger partial charge is 0.213 e. The van der Waals surface area contributed by atoms with Crippen LogP contribution in [0.2, 0.25) is 0 Å². The number of hydrogen-bond acceptors (Lipinski definition) is 5. The number of nitrogens with two attached hydrogens (primary N) is 1. The van der Waals surface area contributed by atoms with E-state index in [1.54, 1.807) is 25.3 Å². The Bertz CT molecular complexity index is 516. The average Bonchev–Trinajstić information content (AvgIpc) is 2.29. The van der Waals surface area contributed by atoms with Crippen molar-refractivity contribution in [2.75, 3.05) is 24.2 Å². The van der Waals surface area contributed by atoms with Crippen LogP contribution in [0.3, 0.4) is 0 Å². The third-order valence-electron chi connectivity index (χ3n) is 2.09. The van der Waals surface area contributed by atoms with Gasteiger partial charge in [0, 0.05) is 24.8 Å². The predicted molar refractivity (Wildman–Crippen MR) is 76.1 cm³/mol. The zero-order valence-corrected chi connectivity index (χ0v) is 11.6. The molecule has 0 spiro atoms. The van der Waals surface area contributed by atoms with Crippen molar-refractivity contribution in [3.8, 4) is 0 Å². The molecule has 0 fully saturated rings. The van der Waals surface area contributed by atoms with Crippen molar-refractivity contribution in [2.24, 2.45) is 5.73 Å². The van der Waals surface area contributed by atoms with Crippen LogP contribution in [0.1, 0.15) is 12.5 Å². The number of anilines is 1. The fourth-order valence-corrected chi connectivity index (χ4v) is 2.37. The molecule has 1 aromatic heterocycles. The van der Waals surface area contributed by atoms with Crippen LogP contribution in [0.4, 0.5) is 5.82 Å². The van der Waals surface area contributed by atoms with Crippen LogP contribution in [0.25, 0.3) is 0 Å². The molecule has 0 saturated heterocycles. The van der Waals surface area contributed by atoms with Gasteiger partial charge in [-0.3, -0.25) is 0 Å². The molecular formula is C10H16N4O2S2. The van der Waals surface area contributed by atoms with E-state index in [2.05, 4.69) is 15.0 Å². The molecule has 0 atom stereocenters. The molecular weight excluding hydrogens is 272 g/mol. The van der Waals surface area contributed by atoms with Crippen molar-refractivity contribution in [1.29, 1.82) is 0 Å². The first kappa shape index (κ1) is 14.8. The normalized spacial score (nSPS) is 11.2. The highest BCUT2D eigenvalue weighted by Gasteiger charge is 2.07. The summed E-state index contributed by atoms with van der Waals surface area (Å²) in [7, 11) is -3.22. The first-order chi connectivity index (χ1) is 8.44. The number of thiocarbonyl (C=S) groups is 1. The van der Waals surface area contributed by atoms with Crippen molar-refractivity contribution < 1.29 is 8.42 Å². The lowest BCUT2D eigenvalue weighted by atomic mass is 10.2. The molecule has 8 heteroatoms. The van der Waals surface area contributed by atoms with E-state index in [9.17, 15) is 8.42 Å². The number of nitrogens with one attached hydrogen (secondary N) is 2. The fraction of sp³-hybridized carbons (Fsp3) is 0.400. The van der Waals surface area contributed by atoms with Crippen molar-refractivity contribution in [3.63, 3.8) is 0 Å². The maximum absolute atomic E-state index is 11.4. The van der Waals surface area contributed by atoms with Crippen LogP contribution in [0.15, 0.2) is 18.3 Å². The minimum absolute atomic E-state index is 0.0141. The van der Waals surface area contributed by atoms with Gasteiger partial charge >= 0.3 is 0 Å². The zero-order chi connectivity index (χ0) is 13.6. The van der Waals surface area contributed by atoms with E-state index in [4.69, 9.17) is 18.0 Å². The zero-order valence-electron chi connectivity index (χ0n) is 10.0. The Morgan fingerprint density at radius 1 is 1.56 bits per heavy atom. The monoisotopic (exact) mass is 288 g/mol. The highest BCUT2D eigenvalue weighted by molar-refractivity contribution is 7.89. The Balaban J connectivity index is 2.54. The topological polar surface area (TPSA) is 97.1 Å². The molecule has 4 N–H and O–H groups in total. The Morgan fingerprint density at radius 3 is 2.89 bits per heavy atom. The second-order valence-corrected chi connectivity index (χ2v) is 5.90. The quantitative estimate of drug-likeness (QED) is 0.614. The fourth-order valence-electron chi connectivity index (χ4n) is 1.29. The van der Waals surface area contributed by atoms with E-state index in [0.29, 0.717) is 17.9 Å². The maximum Gasteiger partial charge on any atom is 0.213 e. The summed E-state index contributed by atoms with van der Waals surface area (Å²) in [6.45, 7) is 2.39. The maximum atomic E-state index is 11.4. The number of hydrogen-bond donors (Lipinski definition) is 3. The Kier molecular flexibility index (Phi) is 5.45. The first-order valence-electron chi connectivity index (χ1n) is 5.41. The van der Waals surface area contributed by atoms with Crippen molar-refractivity contribution >= 4 is 33.0 Å². The third kappa shape index (κ3) is 4.94. The van der Waals surface area contributed by atoms with Gasteiger partial charge in [-0.1, -0.05) is 19.1 Å². The average molecular weight is 288 g/mol. The lowest BCUT2D eigenvalue weighted by Crippen LogP contribution is -2.29. The van der Waals surface area contributed by atoms with E-state index >= 15 is 0 Å². The molecule has 0 unspecified atom stereocenters. The molecule has 0 aromatic carbocycles. The molecule has 1 heterocycles. The number of aromatic nitrogens is 1. The Hall–Kier alpha value is -1.25. The molecule has 0 aliphatic carbocycles. The summed E-state index contributed by atoms with van der Waals surface area (Å²) in [6, 6.07) is 3.38. The van der Waals surface area contributed by atoms with Crippen LogP contribution in [-0.4, -0.2) is 37.2 Å². The molecule has 0 aliphatic rings. The van der Waals surface area contributed by atoms with Gasteiger partial charge < -0.3 is 11.1 Å². The summed E-state index contributed by atoms with van der Waals surface area (Å²) >= 11 is 4.84. The Morgan fingerprint density at radius 2 is 2.28 bits per heavy atom. The lowest BCUT2D eigenvalue weighted by molar-refractivity contribution is 0.584. The van der Waals surface area contributed by atoms with Crippen LogP contribution in [0, 0.1) is 0 Å². The van der Waals surface area contributed by atoms with E-state index < -0.39 is 10.0 Å². The van der Waals surface area contributed by atoms with Gasteiger partial charge in [0.05, 0.1) is 5.75 Å². The third-order valence-corrected chi connectivity index (χ3v) is 3.79. The van der Waals surface area contributed by atoms with Gasteiger partial charge in [0.25, 0.3) is 0 Å². The van der Waals surface area contributed by atoms with Crippen LogP contribution >= 0.6 is 12.2 Å². The summed E-state index contributed by atoms with van der Waals surface area (Å²) < 4.78 is 25.2. The van der Waals surface area contributed by atoms with Gasteiger partial charge in [0.2, 0.25) is 10.0 Å². The highest BCUT2D eigenvalue weighted by Crippen LogP contribution is 2.06. The standard InChI is InChI=1S/C10H16N4O2S2/c1-2-14-18(15,16)6-5-13-9-7-8(10(11)17)3-4-12-9/h3-4,7,14H,2,5-6H2,1H3,(H2,11,17)(H,12,13). The molecule has 0 amide bonds. The molecule has 0 aliphatic heterocycles. The molecule has 100 valence electrons. The summed E-state index contributed by atoms with van der Waals surface area (Å²) in [5.74, 6) is 0.534. The molecule has 0 bridgehead atoms. The van der Waals surface area contributed by atoms with E-state index in [-0.39, 0.29) is 17.3 Å². The van der Waals surface area contributed by atoms with E-state index in [1.165, 1.54) is 0 Å². The summed E-state index contributed by atoms with van der Waals surface area (Å²) in [6.07, 6.45) is 1.57. The van der Waals surface area contributed by atoms with Gasteiger partial charge in [0.15, 0.2) is 0 Å². The first-order valence-corrected chi connectivity index (χ1v) is 7.47. The summed E-state index contributed by atoms with van der Waals surface area (Å²) in [5, 5.41) is 2.91. The summed E-state index contributed by atoms with van der Waals surface area (Å²) in [5.41, 5.74) is 6.18. The van der Waals surface area contributed by atoms with E-state index in [0.717, 1.165) is 0 Å². The van der Waals surface area contributed by atoms with Crippen molar-refractivity contribution in [1.82, 2.24) is 9.71 Å².